The Morgan fingerprint density at radius 1 is 0.757 bits per heavy atom. The molecule has 2 aliphatic carbocycles. The first kappa shape index (κ1) is 27.6. The molecule has 3 aliphatic rings. The predicted octanol–water partition coefficient (Wildman–Crippen LogP) is 11.7. The highest BCUT2D eigenvalue weighted by Crippen LogP contribution is 2.79. The van der Waals surface area contributed by atoms with E-state index < -0.39 is 7.05 Å². The second-order valence-electron chi connectivity index (χ2n) is 13.0. The topological polar surface area (TPSA) is 12.4 Å². The minimum atomic E-state index is -1.72. The fourth-order valence-electron chi connectivity index (χ4n) is 8.39. The van der Waals surface area contributed by atoms with Crippen LogP contribution in [0.15, 0.2) is 52.1 Å². The number of benzene rings is 2. The van der Waals surface area contributed by atoms with Crippen LogP contribution < -0.4 is 0 Å². The van der Waals surface area contributed by atoms with E-state index in [0.717, 1.165) is 16.5 Å². The van der Waals surface area contributed by atoms with Gasteiger partial charge >= 0.3 is 0 Å². The van der Waals surface area contributed by atoms with Gasteiger partial charge in [0, 0.05) is 10.1 Å². The van der Waals surface area contributed by atoms with Crippen molar-refractivity contribution >= 4 is 25.4 Å². The van der Waals surface area contributed by atoms with E-state index in [4.69, 9.17) is 17.4 Å². The Hall–Kier alpha value is -0.980. The molecule has 3 fully saturated rings. The molecular formula is C34H50NPS. The molecule has 2 atom stereocenters. The quantitative estimate of drug-likeness (QED) is 0.279. The second-order valence-corrected chi connectivity index (χ2v) is 17.3. The Morgan fingerprint density at radius 2 is 1.35 bits per heavy atom. The third-order valence-corrected chi connectivity index (χ3v) is 16.0. The van der Waals surface area contributed by atoms with Crippen molar-refractivity contribution in [3.63, 3.8) is 0 Å². The molecule has 1 heterocycles. The normalized spacial score (nSPS) is 26.6. The average Bonchev–Trinajstić information content (AvgIpc) is 3.35. The molecule has 0 N–H and O–H groups in total. The van der Waals surface area contributed by atoms with Crippen molar-refractivity contribution in [1.29, 1.82) is 0 Å². The van der Waals surface area contributed by atoms with Crippen LogP contribution in [0, 0.1) is 5.92 Å². The molecule has 0 aromatic heterocycles. The molecule has 2 aromatic rings. The maximum Gasteiger partial charge on any atom is 0.0683 e. The summed E-state index contributed by atoms with van der Waals surface area (Å²) in [7, 11) is -1.72. The zero-order valence-electron chi connectivity index (χ0n) is 23.9. The summed E-state index contributed by atoms with van der Waals surface area (Å²) in [6.07, 6.45) is 18.1. The molecule has 3 heteroatoms. The van der Waals surface area contributed by atoms with E-state index in [0.29, 0.717) is 11.8 Å². The summed E-state index contributed by atoms with van der Waals surface area (Å²) in [6.45, 7) is 9.49. The summed E-state index contributed by atoms with van der Waals surface area (Å²) in [4.78, 5) is 1.08. The lowest BCUT2D eigenvalue weighted by Gasteiger charge is -2.51. The highest BCUT2D eigenvalue weighted by atomic mass is 32.1. The van der Waals surface area contributed by atoms with E-state index in [1.54, 1.807) is 5.56 Å². The number of hydrogen-bond donors (Lipinski definition) is 1. The second kappa shape index (κ2) is 11.6. The van der Waals surface area contributed by atoms with Crippen molar-refractivity contribution < 1.29 is 0 Å². The summed E-state index contributed by atoms with van der Waals surface area (Å²) in [5.74, 6) is 1.88. The predicted molar refractivity (Wildman–Crippen MR) is 167 cm³/mol. The van der Waals surface area contributed by atoms with Crippen LogP contribution >= 0.6 is 19.7 Å². The van der Waals surface area contributed by atoms with E-state index in [2.05, 4.69) is 70.2 Å². The van der Waals surface area contributed by atoms with E-state index in [1.807, 2.05) is 0 Å². The summed E-state index contributed by atoms with van der Waals surface area (Å²) in [5, 5.41) is 0.240. The first-order valence-electron chi connectivity index (χ1n) is 15.4. The fraction of sp³-hybridized carbons (Fsp3) is 0.647. The summed E-state index contributed by atoms with van der Waals surface area (Å²) < 4.78 is 6.38. The molecule has 37 heavy (non-hydrogen) atoms. The zero-order valence-corrected chi connectivity index (χ0v) is 25.7. The summed E-state index contributed by atoms with van der Waals surface area (Å²) in [5.41, 5.74) is 6.77. The summed E-state index contributed by atoms with van der Waals surface area (Å²) in [6, 6.07) is 16.5. The molecule has 202 valence electrons. The minimum Gasteiger partial charge on any atom is -0.266 e. The van der Waals surface area contributed by atoms with Gasteiger partial charge in [-0.3, -0.25) is 4.74 Å². The highest BCUT2D eigenvalue weighted by molar-refractivity contribution is 7.80. The van der Waals surface area contributed by atoms with Crippen LogP contribution in [-0.4, -0.2) is 11.8 Å². The Balaban J connectivity index is 1.82. The Labute approximate surface area is 233 Å². The van der Waals surface area contributed by atoms with Crippen LogP contribution in [0.5, 0.6) is 0 Å². The number of thiol groups is 1. The largest absolute Gasteiger partial charge is 0.266 e. The van der Waals surface area contributed by atoms with Crippen LogP contribution in [0.25, 0.3) is 0 Å². The molecular weight excluding hydrogens is 485 g/mol. The lowest BCUT2D eigenvalue weighted by Crippen LogP contribution is -2.35. The third kappa shape index (κ3) is 5.16. The Kier molecular flexibility index (Phi) is 8.67. The first-order chi connectivity index (χ1) is 17.9. The highest BCUT2D eigenvalue weighted by Gasteiger charge is 2.54. The Morgan fingerprint density at radius 3 is 1.95 bits per heavy atom. The van der Waals surface area contributed by atoms with Gasteiger partial charge in [0.2, 0.25) is 0 Å². The van der Waals surface area contributed by atoms with E-state index in [-0.39, 0.29) is 5.16 Å². The fourth-order valence-corrected chi connectivity index (χ4v) is 14.9. The van der Waals surface area contributed by atoms with Gasteiger partial charge < -0.3 is 0 Å². The van der Waals surface area contributed by atoms with Crippen LogP contribution in [0.2, 0.25) is 0 Å². The van der Waals surface area contributed by atoms with Crippen LogP contribution in [0.3, 0.4) is 0 Å². The van der Waals surface area contributed by atoms with E-state index in [1.165, 1.54) is 100 Å². The summed E-state index contributed by atoms with van der Waals surface area (Å²) >= 11 is 4.69. The number of nitrogens with zero attached hydrogens (tertiary/aromatic N) is 1. The molecule has 0 radical (unpaired) electrons. The van der Waals surface area contributed by atoms with Gasteiger partial charge in [0.25, 0.3) is 0 Å². The van der Waals surface area contributed by atoms with Gasteiger partial charge in [-0.2, -0.15) is 0 Å². The van der Waals surface area contributed by atoms with Crippen molar-refractivity contribution in [2.45, 2.75) is 132 Å². The smallest absolute Gasteiger partial charge is 0.0683 e. The van der Waals surface area contributed by atoms with E-state index >= 15 is 0 Å². The van der Waals surface area contributed by atoms with Crippen LogP contribution in [0.1, 0.15) is 133 Å². The number of hydrogen-bond acceptors (Lipinski definition) is 2. The minimum absolute atomic E-state index is 0.240. The molecule has 0 spiro atoms. The first-order valence-corrected chi connectivity index (χ1v) is 17.9. The molecule has 0 bridgehead atoms. The van der Waals surface area contributed by atoms with Gasteiger partial charge in [-0.05, 0) is 104 Å². The average molecular weight is 536 g/mol. The maximum atomic E-state index is 6.38. The molecule has 2 aromatic carbocycles. The van der Waals surface area contributed by atoms with Gasteiger partial charge in [0.05, 0.1) is 5.69 Å². The molecule has 2 unspecified atom stereocenters. The van der Waals surface area contributed by atoms with Gasteiger partial charge in [-0.15, -0.1) is 12.6 Å². The van der Waals surface area contributed by atoms with Gasteiger partial charge in [0.1, 0.15) is 0 Å². The van der Waals surface area contributed by atoms with Crippen molar-refractivity contribution in [2.24, 2.45) is 10.7 Å². The van der Waals surface area contributed by atoms with Crippen molar-refractivity contribution in [1.82, 2.24) is 0 Å². The van der Waals surface area contributed by atoms with Gasteiger partial charge in [-0.25, -0.2) is 0 Å². The molecule has 0 amide bonds. The van der Waals surface area contributed by atoms with E-state index in [9.17, 15) is 0 Å². The van der Waals surface area contributed by atoms with Crippen molar-refractivity contribution in [3.8, 4) is 0 Å². The monoisotopic (exact) mass is 535 g/mol. The number of rotatable bonds is 6. The van der Waals surface area contributed by atoms with Crippen LogP contribution in [-0.2, 0) is 5.16 Å². The molecule has 2 saturated carbocycles. The maximum absolute atomic E-state index is 6.38. The van der Waals surface area contributed by atoms with Crippen molar-refractivity contribution in [3.05, 3.63) is 59.2 Å². The lowest BCUT2D eigenvalue weighted by molar-refractivity contribution is 0.333. The zero-order chi connectivity index (χ0) is 26.0. The molecule has 5 rings (SSSR count). The van der Waals surface area contributed by atoms with Gasteiger partial charge in [-0.1, -0.05) is 96.6 Å². The standard InChI is InChI=1S/C34H50NPS/c1-25(2)30-15-11-16-31(26(3)4)33(30)35-36(24-12-17-32(36)27-13-7-5-8-14-27)34(22-9-6-10-23-34)28-18-20-29(37)21-19-28/h11,15-16,18-21,25-27,32,37H,5-10,12-14,17,22-24H2,1-4H3. The van der Waals surface area contributed by atoms with Crippen molar-refractivity contribution in [2.75, 3.05) is 6.16 Å². The van der Waals surface area contributed by atoms with Gasteiger partial charge in [0.15, 0.2) is 0 Å². The molecule has 1 saturated heterocycles. The Bertz CT molecular complexity index is 1080. The SMILES string of the molecule is CC(C)c1cccc(C(C)C)c1N=P1(C2(c3ccc(S)cc3)CCCCC2)CCCC1C1CCCCC1. The molecule has 1 nitrogen and oxygen atoms in total. The molecule has 1 aliphatic heterocycles. The third-order valence-electron chi connectivity index (χ3n) is 10.2. The lowest BCUT2D eigenvalue weighted by atomic mass is 9.83. The van der Waals surface area contributed by atoms with Crippen LogP contribution in [0.4, 0.5) is 5.69 Å².